The Kier molecular flexibility index (Phi) is 5.93. The molecular formula is C21H30NO+. The molecule has 0 aliphatic heterocycles. The Labute approximate surface area is 140 Å². The maximum atomic E-state index is 5.91. The highest BCUT2D eigenvalue weighted by Gasteiger charge is 2.16. The van der Waals surface area contributed by atoms with Crippen molar-refractivity contribution in [1.29, 1.82) is 0 Å². The average Bonchev–Trinajstić information content (AvgIpc) is 2.55. The second-order valence-corrected chi connectivity index (χ2v) is 6.74. The minimum Gasteiger partial charge on any atom is -0.493 e. The van der Waals surface area contributed by atoms with Crippen LogP contribution in [0.25, 0.3) is 10.8 Å². The Morgan fingerprint density at radius 1 is 0.957 bits per heavy atom. The first-order valence-corrected chi connectivity index (χ1v) is 9.35. The van der Waals surface area contributed by atoms with E-state index in [2.05, 4.69) is 48.6 Å². The van der Waals surface area contributed by atoms with Gasteiger partial charge in [-0.05, 0) is 49.4 Å². The first-order chi connectivity index (χ1) is 11.4. The standard InChI is InChI=1S/C21H29NO/c1-2-23-21-15-14-17-10-8-9-13-19(17)20(21)16-22-18-11-6-4-3-5-7-12-18/h8-10,13-15,18,22H,2-7,11-12,16H2,1H3/p+1. The first kappa shape index (κ1) is 16.3. The van der Waals surface area contributed by atoms with Crippen LogP contribution >= 0.6 is 0 Å². The van der Waals surface area contributed by atoms with Crippen LogP contribution in [0.15, 0.2) is 36.4 Å². The number of nitrogens with two attached hydrogens (primary N) is 1. The summed E-state index contributed by atoms with van der Waals surface area (Å²) in [5, 5.41) is 5.23. The van der Waals surface area contributed by atoms with Crippen molar-refractivity contribution in [2.24, 2.45) is 0 Å². The van der Waals surface area contributed by atoms with Gasteiger partial charge in [0, 0.05) is 0 Å². The fourth-order valence-corrected chi connectivity index (χ4v) is 3.83. The Balaban J connectivity index is 1.78. The normalized spacial score (nSPS) is 16.9. The van der Waals surface area contributed by atoms with E-state index in [9.17, 15) is 0 Å². The lowest BCUT2D eigenvalue weighted by Gasteiger charge is -2.20. The summed E-state index contributed by atoms with van der Waals surface area (Å²) in [6.07, 6.45) is 9.81. The maximum Gasteiger partial charge on any atom is 0.128 e. The van der Waals surface area contributed by atoms with Crippen molar-refractivity contribution in [3.8, 4) is 5.75 Å². The highest BCUT2D eigenvalue weighted by Crippen LogP contribution is 2.27. The zero-order chi connectivity index (χ0) is 15.9. The quantitative estimate of drug-likeness (QED) is 0.869. The molecule has 1 saturated carbocycles. The number of benzene rings is 2. The Morgan fingerprint density at radius 3 is 2.48 bits per heavy atom. The van der Waals surface area contributed by atoms with E-state index in [1.807, 2.05) is 0 Å². The Hall–Kier alpha value is -1.54. The van der Waals surface area contributed by atoms with Crippen molar-refractivity contribution in [3.05, 3.63) is 42.0 Å². The van der Waals surface area contributed by atoms with Gasteiger partial charge in [0.25, 0.3) is 0 Å². The lowest BCUT2D eigenvalue weighted by Crippen LogP contribution is -2.88. The molecule has 0 atom stereocenters. The number of quaternary nitrogens is 1. The molecule has 1 aliphatic rings. The van der Waals surface area contributed by atoms with Crippen molar-refractivity contribution < 1.29 is 10.1 Å². The molecule has 2 nitrogen and oxygen atoms in total. The lowest BCUT2D eigenvalue weighted by atomic mass is 9.96. The van der Waals surface area contributed by atoms with Crippen LogP contribution < -0.4 is 10.1 Å². The van der Waals surface area contributed by atoms with Crippen LogP contribution in [0, 0.1) is 0 Å². The van der Waals surface area contributed by atoms with E-state index in [0.29, 0.717) is 0 Å². The van der Waals surface area contributed by atoms with Gasteiger partial charge in [-0.1, -0.05) is 49.6 Å². The molecule has 3 rings (SSSR count). The molecule has 23 heavy (non-hydrogen) atoms. The molecule has 0 radical (unpaired) electrons. The summed E-state index contributed by atoms with van der Waals surface area (Å²) in [6.45, 7) is 3.83. The smallest absolute Gasteiger partial charge is 0.128 e. The molecule has 0 bridgehead atoms. The van der Waals surface area contributed by atoms with Crippen LogP contribution in [0.4, 0.5) is 0 Å². The summed E-state index contributed by atoms with van der Waals surface area (Å²) in [6, 6.07) is 13.8. The second kappa shape index (κ2) is 8.35. The van der Waals surface area contributed by atoms with E-state index in [-0.39, 0.29) is 0 Å². The molecule has 1 fully saturated rings. The van der Waals surface area contributed by atoms with E-state index in [1.54, 1.807) is 0 Å². The largest absolute Gasteiger partial charge is 0.493 e. The van der Waals surface area contributed by atoms with Gasteiger partial charge in [-0.15, -0.1) is 0 Å². The highest BCUT2D eigenvalue weighted by atomic mass is 16.5. The minimum atomic E-state index is 0.731. The van der Waals surface area contributed by atoms with Crippen molar-refractivity contribution in [2.75, 3.05) is 6.61 Å². The molecule has 1 aliphatic carbocycles. The fraction of sp³-hybridized carbons (Fsp3) is 0.524. The van der Waals surface area contributed by atoms with Gasteiger partial charge in [0.15, 0.2) is 0 Å². The van der Waals surface area contributed by atoms with Crippen molar-refractivity contribution in [2.45, 2.75) is 64.5 Å². The van der Waals surface area contributed by atoms with Gasteiger partial charge in [-0.25, -0.2) is 0 Å². The molecular weight excluding hydrogens is 282 g/mol. The molecule has 0 unspecified atom stereocenters. The molecule has 0 heterocycles. The van der Waals surface area contributed by atoms with E-state index in [1.165, 1.54) is 61.3 Å². The number of rotatable bonds is 5. The van der Waals surface area contributed by atoms with Crippen LogP contribution in [0.5, 0.6) is 5.75 Å². The zero-order valence-electron chi connectivity index (χ0n) is 14.4. The lowest BCUT2D eigenvalue weighted by molar-refractivity contribution is -0.705. The monoisotopic (exact) mass is 312 g/mol. The van der Waals surface area contributed by atoms with Gasteiger partial charge in [0.1, 0.15) is 12.3 Å². The molecule has 0 spiro atoms. The maximum absolute atomic E-state index is 5.91. The molecule has 0 saturated heterocycles. The van der Waals surface area contributed by atoms with Crippen LogP contribution in [0.2, 0.25) is 0 Å². The SMILES string of the molecule is CCOc1ccc2ccccc2c1C[NH2+]C1CCCCCCC1. The van der Waals surface area contributed by atoms with Crippen LogP contribution in [-0.2, 0) is 6.54 Å². The van der Waals surface area contributed by atoms with E-state index < -0.39 is 0 Å². The Morgan fingerprint density at radius 2 is 1.70 bits per heavy atom. The predicted octanol–water partition coefficient (Wildman–Crippen LogP) is 4.41. The molecule has 0 aromatic heterocycles. The van der Waals surface area contributed by atoms with Gasteiger partial charge in [0.2, 0.25) is 0 Å². The van der Waals surface area contributed by atoms with Crippen LogP contribution in [0.1, 0.15) is 57.4 Å². The zero-order valence-corrected chi connectivity index (χ0v) is 14.4. The predicted molar refractivity (Wildman–Crippen MR) is 96.9 cm³/mol. The third-order valence-electron chi connectivity index (χ3n) is 5.10. The number of hydrogen-bond acceptors (Lipinski definition) is 1. The third kappa shape index (κ3) is 4.26. The summed E-state index contributed by atoms with van der Waals surface area (Å²) in [5.41, 5.74) is 1.37. The topological polar surface area (TPSA) is 25.8 Å². The van der Waals surface area contributed by atoms with Gasteiger partial charge >= 0.3 is 0 Å². The van der Waals surface area contributed by atoms with Crippen LogP contribution in [-0.4, -0.2) is 12.6 Å². The van der Waals surface area contributed by atoms with Gasteiger partial charge in [0.05, 0.1) is 18.2 Å². The number of fused-ring (bicyclic) bond motifs is 1. The summed E-state index contributed by atoms with van der Waals surface area (Å²) >= 11 is 0. The number of ether oxygens (including phenoxy) is 1. The fourth-order valence-electron chi connectivity index (χ4n) is 3.83. The van der Waals surface area contributed by atoms with E-state index in [0.717, 1.165) is 24.9 Å². The molecule has 124 valence electrons. The molecule has 2 aromatic carbocycles. The summed E-state index contributed by atoms with van der Waals surface area (Å²) in [5.74, 6) is 1.06. The summed E-state index contributed by atoms with van der Waals surface area (Å²) < 4.78 is 5.91. The molecule has 0 amide bonds. The average molecular weight is 312 g/mol. The van der Waals surface area contributed by atoms with Gasteiger partial charge < -0.3 is 10.1 Å². The molecule has 2 aromatic rings. The number of hydrogen-bond donors (Lipinski definition) is 1. The van der Waals surface area contributed by atoms with Crippen molar-refractivity contribution in [1.82, 2.24) is 0 Å². The summed E-state index contributed by atoms with van der Waals surface area (Å²) in [7, 11) is 0. The summed E-state index contributed by atoms with van der Waals surface area (Å²) in [4.78, 5) is 0. The van der Waals surface area contributed by atoms with Crippen molar-refractivity contribution in [3.63, 3.8) is 0 Å². The third-order valence-corrected chi connectivity index (χ3v) is 5.10. The van der Waals surface area contributed by atoms with Gasteiger partial charge in [-0.2, -0.15) is 0 Å². The van der Waals surface area contributed by atoms with E-state index >= 15 is 0 Å². The second-order valence-electron chi connectivity index (χ2n) is 6.74. The Bertz CT molecular complexity index is 614. The molecule has 2 N–H and O–H groups in total. The van der Waals surface area contributed by atoms with Gasteiger partial charge in [-0.3, -0.25) is 0 Å². The minimum absolute atomic E-state index is 0.731. The highest BCUT2D eigenvalue weighted by molar-refractivity contribution is 5.87. The van der Waals surface area contributed by atoms with E-state index in [4.69, 9.17) is 4.74 Å². The van der Waals surface area contributed by atoms with Crippen molar-refractivity contribution >= 4 is 10.8 Å². The molecule has 2 heteroatoms. The first-order valence-electron chi connectivity index (χ1n) is 9.35. The van der Waals surface area contributed by atoms with Crippen LogP contribution in [0.3, 0.4) is 0 Å².